The highest BCUT2D eigenvalue weighted by atomic mass is 15.2. The summed E-state index contributed by atoms with van der Waals surface area (Å²) in [5.41, 5.74) is 0. The van der Waals surface area contributed by atoms with Gasteiger partial charge < -0.3 is 5.32 Å². The van der Waals surface area contributed by atoms with Gasteiger partial charge in [0.05, 0.1) is 0 Å². The molecule has 2 nitrogen and oxygen atoms in total. The fourth-order valence-electron chi connectivity index (χ4n) is 4.01. The van der Waals surface area contributed by atoms with Crippen molar-refractivity contribution in [2.24, 2.45) is 5.92 Å². The average molecular weight is 250 g/mol. The number of rotatable bonds is 6. The Labute approximate surface area is 113 Å². The lowest BCUT2D eigenvalue weighted by atomic mass is 9.76. The van der Waals surface area contributed by atoms with Gasteiger partial charge in [0.1, 0.15) is 0 Å². The first kappa shape index (κ1) is 12.9. The molecule has 104 valence electrons. The van der Waals surface area contributed by atoms with Gasteiger partial charge in [-0.15, -0.1) is 0 Å². The molecule has 2 atom stereocenters. The van der Waals surface area contributed by atoms with E-state index in [1.165, 1.54) is 70.9 Å². The third-order valence-electron chi connectivity index (χ3n) is 5.46. The van der Waals surface area contributed by atoms with Gasteiger partial charge in [-0.1, -0.05) is 26.2 Å². The molecule has 0 spiro atoms. The van der Waals surface area contributed by atoms with Crippen molar-refractivity contribution in [3.63, 3.8) is 0 Å². The molecule has 3 fully saturated rings. The van der Waals surface area contributed by atoms with Crippen LogP contribution in [-0.4, -0.2) is 36.1 Å². The van der Waals surface area contributed by atoms with Gasteiger partial charge in [0.2, 0.25) is 0 Å². The predicted octanol–water partition coefficient (Wildman–Crippen LogP) is 3.17. The van der Waals surface area contributed by atoms with Gasteiger partial charge in [-0.3, -0.25) is 4.90 Å². The summed E-state index contributed by atoms with van der Waals surface area (Å²) in [6.45, 7) is 4.94. The maximum absolute atomic E-state index is 3.74. The van der Waals surface area contributed by atoms with E-state index in [4.69, 9.17) is 0 Å². The first-order valence-electron chi connectivity index (χ1n) is 8.37. The van der Waals surface area contributed by atoms with Crippen molar-refractivity contribution in [2.75, 3.05) is 13.1 Å². The molecule has 0 aliphatic heterocycles. The molecule has 0 heterocycles. The predicted molar refractivity (Wildman–Crippen MR) is 76.8 cm³/mol. The Hall–Kier alpha value is -0.0800. The smallest absolute Gasteiger partial charge is 0.0139 e. The molecule has 3 saturated carbocycles. The van der Waals surface area contributed by atoms with Gasteiger partial charge in [0, 0.05) is 18.1 Å². The van der Waals surface area contributed by atoms with Gasteiger partial charge in [-0.25, -0.2) is 0 Å². The van der Waals surface area contributed by atoms with Crippen LogP contribution in [-0.2, 0) is 0 Å². The molecule has 3 aliphatic rings. The molecular formula is C16H30N2. The summed E-state index contributed by atoms with van der Waals surface area (Å²) in [6.07, 6.45) is 13.1. The number of hydrogen-bond donors (Lipinski definition) is 1. The summed E-state index contributed by atoms with van der Waals surface area (Å²) >= 11 is 0. The topological polar surface area (TPSA) is 15.3 Å². The lowest BCUT2D eigenvalue weighted by Gasteiger charge is -2.48. The molecule has 18 heavy (non-hydrogen) atoms. The van der Waals surface area contributed by atoms with Crippen LogP contribution < -0.4 is 5.32 Å². The summed E-state index contributed by atoms with van der Waals surface area (Å²) in [5.74, 6) is 0.951. The second kappa shape index (κ2) is 5.92. The number of nitrogens with zero attached hydrogens (tertiary/aromatic N) is 1. The molecule has 2 unspecified atom stereocenters. The third-order valence-corrected chi connectivity index (χ3v) is 5.46. The van der Waals surface area contributed by atoms with Crippen molar-refractivity contribution in [3.05, 3.63) is 0 Å². The number of hydrogen-bond acceptors (Lipinski definition) is 2. The lowest BCUT2D eigenvalue weighted by Crippen LogP contribution is -2.54. The van der Waals surface area contributed by atoms with Crippen LogP contribution in [0, 0.1) is 5.92 Å². The summed E-state index contributed by atoms with van der Waals surface area (Å²) in [5, 5.41) is 3.74. The Morgan fingerprint density at radius 2 is 1.72 bits per heavy atom. The summed E-state index contributed by atoms with van der Waals surface area (Å²) < 4.78 is 0. The van der Waals surface area contributed by atoms with Crippen molar-refractivity contribution in [2.45, 2.75) is 82.8 Å². The van der Waals surface area contributed by atoms with Crippen molar-refractivity contribution in [1.29, 1.82) is 0 Å². The highest BCUT2D eigenvalue weighted by molar-refractivity contribution is 4.94. The summed E-state index contributed by atoms with van der Waals surface area (Å²) in [4.78, 5) is 2.86. The number of nitrogens with one attached hydrogen (secondary N) is 1. The summed E-state index contributed by atoms with van der Waals surface area (Å²) in [7, 11) is 0. The maximum Gasteiger partial charge on any atom is 0.0139 e. The van der Waals surface area contributed by atoms with E-state index in [2.05, 4.69) is 17.1 Å². The van der Waals surface area contributed by atoms with Crippen LogP contribution in [0.4, 0.5) is 0 Å². The van der Waals surface area contributed by atoms with E-state index in [1.54, 1.807) is 0 Å². The molecule has 3 aliphatic carbocycles. The summed E-state index contributed by atoms with van der Waals surface area (Å²) in [6, 6.07) is 2.71. The molecule has 0 aromatic carbocycles. The van der Waals surface area contributed by atoms with Crippen LogP contribution in [0.3, 0.4) is 0 Å². The lowest BCUT2D eigenvalue weighted by molar-refractivity contribution is 0.0183. The van der Waals surface area contributed by atoms with Crippen molar-refractivity contribution in [1.82, 2.24) is 10.2 Å². The monoisotopic (exact) mass is 250 g/mol. The zero-order chi connectivity index (χ0) is 12.4. The van der Waals surface area contributed by atoms with Crippen LogP contribution >= 0.6 is 0 Å². The van der Waals surface area contributed by atoms with E-state index in [-0.39, 0.29) is 0 Å². The third kappa shape index (κ3) is 2.91. The first-order valence-corrected chi connectivity index (χ1v) is 8.37. The molecule has 0 aromatic rings. The Balaban J connectivity index is 1.50. The Kier molecular flexibility index (Phi) is 4.25. The molecule has 0 bridgehead atoms. The standard InChI is InChI=1S/C16H30N2/c1-2-18(15-6-4-3-5-7-15)16-11-8-13(16)12-17-14-9-10-14/h13-17H,2-12H2,1H3. The largest absolute Gasteiger partial charge is 0.314 e. The van der Waals surface area contributed by atoms with Crippen LogP contribution in [0.25, 0.3) is 0 Å². The van der Waals surface area contributed by atoms with Gasteiger partial charge in [0.15, 0.2) is 0 Å². The average Bonchev–Trinajstić information content (AvgIpc) is 3.19. The Morgan fingerprint density at radius 3 is 2.28 bits per heavy atom. The molecule has 0 radical (unpaired) electrons. The van der Waals surface area contributed by atoms with Crippen LogP contribution in [0.2, 0.25) is 0 Å². The van der Waals surface area contributed by atoms with Crippen molar-refractivity contribution >= 4 is 0 Å². The van der Waals surface area contributed by atoms with Crippen LogP contribution in [0.15, 0.2) is 0 Å². The molecular weight excluding hydrogens is 220 g/mol. The minimum Gasteiger partial charge on any atom is -0.314 e. The Bertz CT molecular complexity index is 256. The van der Waals surface area contributed by atoms with E-state index in [1.807, 2.05) is 0 Å². The fourth-order valence-corrected chi connectivity index (χ4v) is 4.01. The molecule has 3 rings (SSSR count). The van der Waals surface area contributed by atoms with E-state index in [9.17, 15) is 0 Å². The molecule has 2 heteroatoms. The zero-order valence-electron chi connectivity index (χ0n) is 12.0. The Morgan fingerprint density at radius 1 is 0.944 bits per heavy atom. The molecule has 0 aromatic heterocycles. The second-order valence-corrected chi connectivity index (χ2v) is 6.71. The van der Waals surface area contributed by atoms with Gasteiger partial charge in [-0.05, 0) is 57.5 Å². The van der Waals surface area contributed by atoms with Crippen LogP contribution in [0.5, 0.6) is 0 Å². The normalized spacial score (nSPS) is 33.7. The van der Waals surface area contributed by atoms with E-state index < -0.39 is 0 Å². The van der Waals surface area contributed by atoms with Gasteiger partial charge >= 0.3 is 0 Å². The first-order chi connectivity index (χ1) is 8.88. The van der Waals surface area contributed by atoms with Gasteiger partial charge in [-0.2, -0.15) is 0 Å². The van der Waals surface area contributed by atoms with Crippen molar-refractivity contribution in [3.8, 4) is 0 Å². The highest BCUT2D eigenvalue weighted by Gasteiger charge is 2.38. The maximum atomic E-state index is 3.74. The zero-order valence-corrected chi connectivity index (χ0v) is 12.0. The quantitative estimate of drug-likeness (QED) is 0.779. The van der Waals surface area contributed by atoms with Crippen molar-refractivity contribution < 1.29 is 0 Å². The van der Waals surface area contributed by atoms with Gasteiger partial charge in [0.25, 0.3) is 0 Å². The molecule has 1 N–H and O–H groups in total. The van der Waals surface area contributed by atoms with Crippen LogP contribution in [0.1, 0.15) is 64.7 Å². The highest BCUT2D eigenvalue weighted by Crippen LogP contribution is 2.36. The van der Waals surface area contributed by atoms with E-state index >= 15 is 0 Å². The fraction of sp³-hybridized carbons (Fsp3) is 1.00. The minimum atomic E-state index is 0.885. The second-order valence-electron chi connectivity index (χ2n) is 6.71. The SMILES string of the molecule is CCN(C1CCCCC1)C1CCC1CNC1CC1. The van der Waals surface area contributed by atoms with E-state index in [0.29, 0.717) is 0 Å². The van der Waals surface area contributed by atoms with E-state index in [0.717, 1.165) is 24.0 Å². The molecule has 0 saturated heterocycles. The molecule has 0 amide bonds. The minimum absolute atomic E-state index is 0.885.